The van der Waals surface area contributed by atoms with Crippen molar-refractivity contribution < 1.29 is 9.90 Å². The summed E-state index contributed by atoms with van der Waals surface area (Å²) < 4.78 is 0. The summed E-state index contributed by atoms with van der Waals surface area (Å²) in [6.07, 6.45) is 3.37. The molecule has 2 heterocycles. The van der Waals surface area contributed by atoms with E-state index in [0.717, 1.165) is 24.9 Å². The highest BCUT2D eigenvalue weighted by atomic mass is 16.4. The second kappa shape index (κ2) is 5.14. The molecule has 0 aromatic carbocycles. The van der Waals surface area contributed by atoms with Crippen molar-refractivity contribution in [3.05, 3.63) is 34.2 Å². The fourth-order valence-corrected chi connectivity index (χ4v) is 2.20. The SMILES string of the molecule is O=C(O)C1CCCN(Cc2ccc(=O)[nH]c2)C1. The van der Waals surface area contributed by atoms with Crippen molar-refractivity contribution in [3.63, 3.8) is 0 Å². The van der Waals surface area contributed by atoms with E-state index in [2.05, 4.69) is 9.88 Å². The van der Waals surface area contributed by atoms with Gasteiger partial charge in [-0.25, -0.2) is 0 Å². The smallest absolute Gasteiger partial charge is 0.307 e. The van der Waals surface area contributed by atoms with Gasteiger partial charge in [-0.15, -0.1) is 0 Å². The number of H-pyrrole nitrogens is 1. The maximum absolute atomic E-state index is 10.9. The Kier molecular flexibility index (Phi) is 3.58. The summed E-state index contributed by atoms with van der Waals surface area (Å²) in [5, 5.41) is 8.98. The zero-order valence-corrected chi connectivity index (χ0v) is 9.56. The molecule has 1 aromatic rings. The third-order valence-corrected chi connectivity index (χ3v) is 3.11. The summed E-state index contributed by atoms with van der Waals surface area (Å²) in [4.78, 5) is 26.6. The molecule has 5 heteroatoms. The van der Waals surface area contributed by atoms with Gasteiger partial charge in [-0.1, -0.05) is 6.07 Å². The molecule has 0 amide bonds. The lowest BCUT2D eigenvalue weighted by molar-refractivity contribution is -0.143. The van der Waals surface area contributed by atoms with Crippen LogP contribution >= 0.6 is 0 Å². The predicted octanol–water partition coefficient (Wildman–Crippen LogP) is 0.671. The lowest BCUT2D eigenvalue weighted by Crippen LogP contribution is -2.38. The normalized spacial score (nSPS) is 21.3. The molecule has 0 spiro atoms. The van der Waals surface area contributed by atoms with Crippen molar-refractivity contribution in [2.45, 2.75) is 19.4 Å². The van der Waals surface area contributed by atoms with Crippen LogP contribution in [0.25, 0.3) is 0 Å². The summed E-state index contributed by atoms with van der Waals surface area (Å²) in [5.74, 6) is -0.970. The number of aromatic amines is 1. The Bertz CT molecular complexity index is 435. The van der Waals surface area contributed by atoms with Crippen LogP contribution in [-0.2, 0) is 11.3 Å². The molecule has 17 heavy (non-hydrogen) atoms. The van der Waals surface area contributed by atoms with Gasteiger partial charge in [0, 0.05) is 25.4 Å². The van der Waals surface area contributed by atoms with Crippen LogP contribution in [0, 0.1) is 5.92 Å². The van der Waals surface area contributed by atoms with E-state index in [4.69, 9.17) is 5.11 Å². The van der Waals surface area contributed by atoms with E-state index in [9.17, 15) is 9.59 Å². The summed E-state index contributed by atoms with van der Waals surface area (Å²) in [5.41, 5.74) is 0.895. The van der Waals surface area contributed by atoms with Gasteiger partial charge in [-0.05, 0) is 24.9 Å². The maximum atomic E-state index is 10.9. The van der Waals surface area contributed by atoms with Crippen molar-refractivity contribution in [2.75, 3.05) is 13.1 Å². The number of hydrogen-bond acceptors (Lipinski definition) is 3. The third-order valence-electron chi connectivity index (χ3n) is 3.11. The fraction of sp³-hybridized carbons (Fsp3) is 0.500. The van der Waals surface area contributed by atoms with E-state index in [1.54, 1.807) is 12.3 Å². The maximum Gasteiger partial charge on any atom is 0.307 e. The summed E-state index contributed by atoms with van der Waals surface area (Å²) in [6.45, 7) is 2.21. The van der Waals surface area contributed by atoms with E-state index in [1.807, 2.05) is 0 Å². The fourth-order valence-electron chi connectivity index (χ4n) is 2.20. The zero-order chi connectivity index (χ0) is 12.3. The summed E-state index contributed by atoms with van der Waals surface area (Å²) in [6, 6.07) is 3.27. The van der Waals surface area contributed by atoms with Gasteiger partial charge in [0.25, 0.3) is 0 Å². The monoisotopic (exact) mass is 236 g/mol. The molecule has 92 valence electrons. The Morgan fingerprint density at radius 1 is 1.53 bits per heavy atom. The van der Waals surface area contributed by atoms with E-state index in [-0.39, 0.29) is 11.5 Å². The molecule has 0 radical (unpaired) electrons. The highest BCUT2D eigenvalue weighted by Gasteiger charge is 2.25. The van der Waals surface area contributed by atoms with E-state index < -0.39 is 5.97 Å². The van der Waals surface area contributed by atoms with Gasteiger partial charge in [0.1, 0.15) is 0 Å². The van der Waals surface area contributed by atoms with Gasteiger partial charge < -0.3 is 10.1 Å². The van der Waals surface area contributed by atoms with Crippen molar-refractivity contribution in [2.24, 2.45) is 5.92 Å². The van der Waals surface area contributed by atoms with Gasteiger partial charge in [0.15, 0.2) is 0 Å². The Labute approximate surface area is 99.1 Å². The molecule has 1 fully saturated rings. The quantitative estimate of drug-likeness (QED) is 0.809. The van der Waals surface area contributed by atoms with Crippen LogP contribution < -0.4 is 5.56 Å². The largest absolute Gasteiger partial charge is 0.481 e. The average molecular weight is 236 g/mol. The topological polar surface area (TPSA) is 73.4 Å². The van der Waals surface area contributed by atoms with Gasteiger partial charge in [0.05, 0.1) is 5.92 Å². The van der Waals surface area contributed by atoms with Crippen LogP contribution in [0.3, 0.4) is 0 Å². The molecule has 0 aliphatic carbocycles. The molecule has 1 saturated heterocycles. The lowest BCUT2D eigenvalue weighted by Gasteiger charge is -2.30. The second-order valence-electron chi connectivity index (χ2n) is 4.47. The Morgan fingerprint density at radius 3 is 3.00 bits per heavy atom. The molecular formula is C12H16N2O3. The number of carboxylic acids is 1. The molecule has 1 atom stereocenters. The second-order valence-corrected chi connectivity index (χ2v) is 4.47. The number of aliphatic carboxylic acids is 1. The molecule has 0 saturated carbocycles. The molecule has 2 N–H and O–H groups in total. The lowest BCUT2D eigenvalue weighted by atomic mass is 9.98. The summed E-state index contributed by atoms with van der Waals surface area (Å²) >= 11 is 0. The minimum Gasteiger partial charge on any atom is -0.481 e. The van der Waals surface area contributed by atoms with Crippen molar-refractivity contribution >= 4 is 5.97 Å². The van der Waals surface area contributed by atoms with Crippen molar-refractivity contribution in [1.82, 2.24) is 9.88 Å². The Morgan fingerprint density at radius 2 is 2.35 bits per heavy atom. The average Bonchev–Trinajstić information content (AvgIpc) is 2.32. The van der Waals surface area contributed by atoms with E-state index in [1.165, 1.54) is 6.07 Å². The van der Waals surface area contributed by atoms with Gasteiger partial charge in [0.2, 0.25) is 5.56 Å². The number of aromatic nitrogens is 1. The van der Waals surface area contributed by atoms with Crippen molar-refractivity contribution in [1.29, 1.82) is 0 Å². The predicted molar refractivity (Wildman–Crippen MR) is 62.7 cm³/mol. The van der Waals surface area contributed by atoms with Gasteiger partial charge >= 0.3 is 5.97 Å². The van der Waals surface area contributed by atoms with Crippen LogP contribution in [0.15, 0.2) is 23.1 Å². The first kappa shape index (κ1) is 11.9. The summed E-state index contributed by atoms with van der Waals surface area (Å²) in [7, 11) is 0. The molecule has 1 unspecified atom stereocenters. The first-order valence-corrected chi connectivity index (χ1v) is 5.78. The van der Waals surface area contributed by atoms with E-state index >= 15 is 0 Å². The molecular weight excluding hydrogens is 220 g/mol. The highest BCUT2D eigenvalue weighted by Crippen LogP contribution is 2.18. The first-order valence-electron chi connectivity index (χ1n) is 5.78. The number of pyridine rings is 1. The number of piperidine rings is 1. The number of carbonyl (C=O) groups is 1. The highest BCUT2D eigenvalue weighted by molar-refractivity contribution is 5.70. The number of rotatable bonds is 3. The van der Waals surface area contributed by atoms with Crippen LogP contribution in [0.5, 0.6) is 0 Å². The van der Waals surface area contributed by atoms with Gasteiger partial charge in [-0.2, -0.15) is 0 Å². The first-order chi connectivity index (χ1) is 8.15. The standard InChI is InChI=1S/C12H16N2O3/c15-11-4-3-9(6-13-11)7-14-5-1-2-10(8-14)12(16)17/h3-4,6,10H,1-2,5,7-8H2,(H,13,15)(H,16,17). The third kappa shape index (κ3) is 3.17. The number of likely N-dealkylation sites (tertiary alicyclic amines) is 1. The van der Waals surface area contributed by atoms with Crippen LogP contribution in [0.1, 0.15) is 18.4 Å². The number of carboxylic acid groups (broad SMARTS) is 1. The minimum atomic E-state index is -0.712. The van der Waals surface area contributed by atoms with Crippen LogP contribution in [-0.4, -0.2) is 34.0 Å². The molecule has 1 aromatic heterocycles. The Hall–Kier alpha value is -1.62. The van der Waals surface area contributed by atoms with Gasteiger partial charge in [-0.3, -0.25) is 14.5 Å². The number of hydrogen-bond donors (Lipinski definition) is 2. The minimum absolute atomic E-state index is 0.115. The van der Waals surface area contributed by atoms with E-state index in [0.29, 0.717) is 13.1 Å². The number of nitrogens with one attached hydrogen (secondary N) is 1. The molecule has 0 bridgehead atoms. The molecule has 2 rings (SSSR count). The van der Waals surface area contributed by atoms with Crippen molar-refractivity contribution in [3.8, 4) is 0 Å². The van der Waals surface area contributed by atoms with Crippen LogP contribution in [0.2, 0.25) is 0 Å². The molecule has 1 aliphatic heterocycles. The molecule has 5 nitrogen and oxygen atoms in total. The number of nitrogens with zero attached hydrogens (tertiary/aromatic N) is 1. The Balaban J connectivity index is 1.96. The molecule has 1 aliphatic rings. The van der Waals surface area contributed by atoms with Crippen LogP contribution in [0.4, 0.5) is 0 Å². The zero-order valence-electron chi connectivity index (χ0n) is 9.56.